The summed E-state index contributed by atoms with van der Waals surface area (Å²) in [5.74, 6) is 0.555. The Morgan fingerprint density at radius 3 is 2.82 bits per heavy atom. The molecule has 1 heterocycles. The first-order chi connectivity index (χ1) is 7.99. The summed E-state index contributed by atoms with van der Waals surface area (Å²) in [7, 11) is 3.81. The average molecular weight is 235 g/mol. The Labute approximate surface area is 101 Å². The van der Waals surface area contributed by atoms with Crippen LogP contribution in [0.25, 0.3) is 0 Å². The van der Waals surface area contributed by atoms with Crippen molar-refractivity contribution in [3.63, 3.8) is 0 Å². The molecule has 1 aromatic rings. The number of amides is 1. The Hall–Kier alpha value is -1.59. The lowest BCUT2D eigenvalue weighted by atomic mass is 10.1. The first-order valence-electron chi connectivity index (χ1n) is 5.52. The van der Waals surface area contributed by atoms with Crippen LogP contribution >= 0.6 is 0 Å². The van der Waals surface area contributed by atoms with Crippen LogP contribution < -0.4 is 15.8 Å². The summed E-state index contributed by atoms with van der Waals surface area (Å²) in [4.78, 5) is 13.4. The van der Waals surface area contributed by atoms with Crippen LogP contribution in [0.5, 0.6) is 5.75 Å². The van der Waals surface area contributed by atoms with Gasteiger partial charge in [0.1, 0.15) is 5.75 Å². The van der Waals surface area contributed by atoms with Crippen LogP contribution in [0.4, 0.5) is 5.69 Å². The first kappa shape index (κ1) is 11.9. The molecule has 0 spiro atoms. The summed E-state index contributed by atoms with van der Waals surface area (Å²) in [5, 5.41) is 2.81. The van der Waals surface area contributed by atoms with Gasteiger partial charge in [0.2, 0.25) is 0 Å². The van der Waals surface area contributed by atoms with E-state index in [1.807, 2.05) is 37.2 Å². The molecule has 17 heavy (non-hydrogen) atoms. The Morgan fingerprint density at radius 2 is 2.18 bits per heavy atom. The van der Waals surface area contributed by atoms with Crippen molar-refractivity contribution in [1.29, 1.82) is 0 Å². The molecule has 1 aliphatic rings. The van der Waals surface area contributed by atoms with Crippen molar-refractivity contribution in [1.82, 2.24) is 4.90 Å². The molecule has 2 atom stereocenters. The Bertz CT molecular complexity index is 445. The van der Waals surface area contributed by atoms with Crippen LogP contribution in [0.15, 0.2) is 18.2 Å². The number of hydrogen-bond donors (Lipinski definition) is 2. The normalized spacial score (nSPS) is 20.5. The number of anilines is 1. The fraction of sp³-hybridized carbons (Fsp3) is 0.417. The molecule has 0 bridgehead atoms. The number of nitrogens with zero attached hydrogens (tertiary/aromatic N) is 1. The Morgan fingerprint density at radius 1 is 1.47 bits per heavy atom. The van der Waals surface area contributed by atoms with Gasteiger partial charge in [-0.1, -0.05) is 6.07 Å². The molecule has 0 aromatic heterocycles. The zero-order chi connectivity index (χ0) is 12.6. The van der Waals surface area contributed by atoms with Crippen molar-refractivity contribution in [3.8, 4) is 5.75 Å². The molecule has 0 saturated carbocycles. The van der Waals surface area contributed by atoms with Gasteiger partial charge in [-0.15, -0.1) is 0 Å². The monoisotopic (exact) mass is 235 g/mol. The van der Waals surface area contributed by atoms with Crippen LogP contribution in [0.1, 0.15) is 18.7 Å². The van der Waals surface area contributed by atoms with E-state index in [1.165, 1.54) is 0 Å². The number of benzene rings is 1. The van der Waals surface area contributed by atoms with Gasteiger partial charge in [0.15, 0.2) is 6.10 Å². The van der Waals surface area contributed by atoms with E-state index in [4.69, 9.17) is 10.5 Å². The van der Waals surface area contributed by atoms with E-state index >= 15 is 0 Å². The maximum absolute atomic E-state index is 11.5. The van der Waals surface area contributed by atoms with E-state index in [1.54, 1.807) is 6.92 Å². The predicted octanol–water partition coefficient (Wildman–Crippen LogP) is 0.925. The third kappa shape index (κ3) is 2.25. The first-order valence-corrected chi connectivity index (χ1v) is 5.52. The summed E-state index contributed by atoms with van der Waals surface area (Å²) in [5.41, 5.74) is 7.63. The van der Waals surface area contributed by atoms with Crippen molar-refractivity contribution in [3.05, 3.63) is 23.8 Å². The number of hydrogen-bond acceptors (Lipinski definition) is 4. The summed E-state index contributed by atoms with van der Waals surface area (Å²) in [6, 6.07) is 5.60. The smallest absolute Gasteiger partial charge is 0.265 e. The quantitative estimate of drug-likeness (QED) is 0.748. The Balaban J connectivity index is 2.32. The highest BCUT2D eigenvalue weighted by Gasteiger charge is 2.24. The highest BCUT2D eigenvalue weighted by atomic mass is 16.5. The minimum atomic E-state index is -0.448. The molecule has 0 fully saturated rings. The molecule has 2 rings (SSSR count). The molecule has 1 amide bonds. The number of nitrogens with two attached hydrogens (primary N) is 1. The lowest BCUT2D eigenvalue weighted by molar-refractivity contribution is -0.122. The molecule has 2 unspecified atom stereocenters. The molecule has 0 aliphatic carbocycles. The summed E-state index contributed by atoms with van der Waals surface area (Å²) in [6.45, 7) is 1.72. The van der Waals surface area contributed by atoms with Gasteiger partial charge < -0.3 is 15.8 Å². The summed E-state index contributed by atoms with van der Waals surface area (Å²) < 4.78 is 5.47. The minimum Gasteiger partial charge on any atom is -0.479 e. The molecular weight excluding hydrogens is 218 g/mol. The van der Waals surface area contributed by atoms with Gasteiger partial charge in [0.25, 0.3) is 5.91 Å². The SMILES string of the molecule is CC1Oc2ccc(C(N)N(C)C)cc2NC1=O. The van der Waals surface area contributed by atoms with Crippen molar-refractivity contribution in [2.24, 2.45) is 5.73 Å². The van der Waals surface area contributed by atoms with Crippen molar-refractivity contribution in [2.75, 3.05) is 19.4 Å². The van der Waals surface area contributed by atoms with Gasteiger partial charge in [-0.05, 0) is 38.7 Å². The topological polar surface area (TPSA) is 67.6 Å². The third-order valence-electron chi connectivity index (χ3n) is 2.83. The molecule has 1 aromatic carbocycles. The Kier molecular flexibility index (Phi) is 3.04. The largest absolute Gasteiger partial charge is 0.479 e. The molecule has 92 valence electrons. The summed E-state index contributed by atoms with van der Waals surface area (Å²) in [6.07, 6.45) is -0.646. The molecule has 5 nitrogen and oxygen atoms in total. The van der Waals surface area contributed by atoms with Crippen molar-refractivity contribution in [2.45, 2.75) is 19.2 Å². The van der Waals surface area contributed by atoms with Gasteiger partial charge in [0.05, 0.1) is 11.9 Å². The highest BCUT2D eigenvalue weighted by Crippen LogP contribution is 2.31. The standard InChI is InChI=1S/C12H17N3O2/c1-7-12(16)14-9-6-8(11(13)15(2)3)4-5-10(9)17-7/h4-7,11H,13H2,1-3H3,(H,14,16). The number of rotatable bonds is 2. The molecule has 3 N–H and O–H groups in total. The van der Waals surface area contributed by atoms with Gasteiger partial charge in [-0.3, -0.25) is 9.69 Å². The second-order valence-electron chi connectivity index (χ2n) is 4.41. The zero-order valence-electron chi connectivity index (χ0n) is 10.2. The van der Waals surface area contributed by atoms with E-state index < -0.39 is 6.10 Å². The van der Waals surface area contributed by atoms with E-state index in [0.717, 1.165) is 5.56 Å². The second-order valence-corrected chi connectivity index (χ2v) is 4.41. The van der Waals surface area contributed by atoms with Crippen molar-refractivity contribution >= 4 is 11.6 Å². The molecule has 5 heteroatoms. The maximum atomic E-state index is 11.5. The average Bonchev–Trinajstić information content (AvgIpc) is 2.29. The molecule has 1 aliphatic heterocycles. The number of ether oxygens (including phenoxy) is 1. The lowest BCUT2D eigenvalue weighted by Gasteiger charge is -2.26. The fourth-order valence-corrected chi connectivity index (χ4v) is 1.71. The minimum absolute atomic E-state index is 0.131. The number of nitrogens with one attached hydrogen (secondary N) is 1. The van der Waals surface area contributed by atoms with Gasteiger partial charge in [0, 0.05) is 0 Å². The van der Waals surface area contributed by atoms with E-state index in [0.29, 0.717) is 11.4 Å². The number of carbonyl (C=O) groups excluding carboxylic acids is 1. The molecular formula is C12H17N3O2. The molecule has 0 radical (unpaired) electrons. The zero-order valence-corrected chi connectivity index (χ0v) is 10.2. The predicted molar refractivity (Wildman–Crippen MR) is 65.8 cm³/mol. The van der Waals surface area contributed by atoms with Crippen LogP contribution in [-0.4, -0.2) is 31.0 Å². The van der Waals surface area contributed by atoms with Gasteiger partial charge >= 0.3 is 0 Å². The van der Waals surface area contributed by atoms with Gasteiger partial charge in [-0.25, -0.2) is 0 Å². The van der Waals surface area contributed by atoms with Crippen molar-refractivity contribution < 1.29 is 9.53 Å². The third-order valence-corrected chi connectivity index (χ3v) is 2.83. The van der Waals surface area contributed by atoms with E-state index in [9.17, 15) is 4.79 Å². The fourth-order valence-electron chi connectivity index (χ4n) is 1.71. The van der Waals surface area contributed by atoms with E-state index in [-0.39, 0.29) is 12.1 Å². The van der Waals surface area contributed by atoms with Crippen LogP contribution in [0, 0.1) is 0 Å². The number of carbonyl (C=O) groups is 1. The maximum Gasteiger partial charge on any atom is 0.265 e. The number of fused-ring (bicyclic) bond motifs is 1. The summed E-state index contributed by atoms with van der Waals surface area (Å²) >= 11 is 0. The van der Waals surface area contributed by atoms with Crippen LogP contribution in [0.2, 0.25) is 0 Å². The van der Waals surface area contributed by atoms with Crippen LogP contribution in [0.3, 0.4) is 0 Å². The van der Waals surface area contributed by atoms with Crippen LogP contribution in [-0.2, 0) is 4.79 Å². The second kappa shape index (κ2) is 4.35. The molecule has 0 saturated heterocycles. The van der Waals surface area contributed by atoms with Gasteiger partial charge in [-0.2, -0.15) is 0 Å². The lowest BCUT2D eigenvalue weighted by Crippen LogP contribution is -2.34. The van der Waals surface area contributed by atoms with E-state index in [2.05, 4.69) is 5.32 Å². The highest BCUT2D eigenvalue weighted by molar-refractivity contribution is 5.97.